The zero-order valence-electron chi connectivity index (χ0n) is 15.0. The molecule has 2 aromatic rings. The van der Waals surface area contributed by atoms with Gasteiger partial charge in [0.1, 0.15) is 10.6 Å². The van der Waals surface area contributed by atoms with E-state index in [4.69, 9.17) is 4.74 Å². The Bertz CT molecular complexity index is 815. The minimum absolute atomic E-state index is 0.0116. The van der Waals surface area contributed by atoms with Gasteiger partial charge in [-0.15, -0.1) is 0 Å². The van der Waals surface area contributed by atoms with E-state index >= 15 is 0 Å². The maximum absolute atomic E-state index is 11.6. The number of phenols is 1. The minimum atomic E-state index is -4.43. The van der Waals surface area contributed by atoms with Crippen molar-refractivity contribution < 1.29 is 22.8 Å². The number of ether oxygens (including phenoxy) is 1. The summed E-state index contributed by atoms with van der Waals surface area (Å²) in [5, 5.41) is 9.84. The van der Waals surface area contributed by atoms with Gasteiger partial charge in [-0.1, -0.05) is 57.2 Å². The summed E-state index contributed by atoms with van der Waals surface area (Å²) < 4.78 is 38.2. The molecule has 0 saturated carbocycles. The largest absolute Gasteiger partial charge is 0.504 e. The minimum Gasteiger partial charge on any atom is -0.504 e. The van der Waals surface area contributed by atoms with Gasteiger partial charge in [0.2, 0.25) is 0 Å². The fourth-order valence-corrected chi connectivity index (χ4v) is 3.37. The Morgan fingerprint density at radius 2 is 1.62 bits per heavy atom. The first-order valence-electron chi connectivity index (χ1n) is 8.98. The van der Waals surface area contributed by atoms with Crippen molar-refractivity contribution in [3.05, 3.63) is 48.0 Å². The van der Waals surface area contributed by atoms with Gasteiger partial charge in [-0.25, -0.2) is 0 Å². The molecule has 6 heteroatoms. The van der Waals surface area contributed by atoms with Crippen molar-refractivity contribution in [2.24, 2.45) is 0 Å². The molecule has 0 heterocycles. The van der Waals surface area contributed by atoms with Crippen LogP contribution in [-0.4, -0.2) is 18.1 Å². The smallest absolute Gasteiger partial charge is 0.298 e. The highest BCUT2D eigenvalue weighted by Gasteiger charge is 2.18. The molecule has 26 heavy (non-hydrogen) atoms. The summed E-state index contributed by atoms with van der Waals surface area (Å²) in [7, 11) is -4.43. The Balaban J connectivity index is 2.14. The van der Waals surface area contributed by atoms with E-state index in [9.17, 15) is 18.1 Å². The van der Waals surface area contributed by atoms with Crippen LogP contribution in [0.15, 0.2) is 47.4 Å². The number of phenolic OH excluding ortho intramolecular Hbond substituents is 1. The number of aromatic hydroxyl groups is 1. The normalized spacial score (nSPS) is 11.5. The number of unbranched alkanes of at least 4 members (excludes halogenated alkanes) is 5. The van der Waals surface area contributed by atoms with Crippen molar-refractivity contribution in [2.75, 3.05) is 0 Å². The van der Waals surface area contributed by atoms with E-state index in [1.54, 1.807) is 24.3 Å². The second kappa shape index (κ2) is 9.59. The molecule has 5 nitrogen and oxygen atoms in total. The van der Waals surface area contributed by atoms with Crippen LogP contribution < -0.4 is 4.74 Å². The van der Waals surface area contributed by atoms with Crippen LogP contribution in [-0.2, 0) is 16.5 Å². The molecule has 0 fully saturated rings. The third kappa shape index (κ3) is 6.04. The molecule has 0 unspecified atom stereocenters. The van der Waals surface area contributed by atoms with Crippen molar-refractivity contribution in [2.45, 2.75) is 56.8 Å². The zero-order valence-corrected chi connectivity index (χ0v) is 15.8. The monoisotopic (exact) mass is 378 g/mol. The summed E-state index contributed by atoms with van der Waals surface area (Å²) in [6, 6.07) is 10.9. The highest BCUT2D eigenvalue weighted by molar-refractivity contribution is 7.86. The van der Waals surface area contributed by atoms with Crippen LogP contribution in [0, 0.1) is 0 Å². The molecule has 0 amide bonds. The van der Waals surface area contributed by atoms with Crippen LogP contribution in [0.5, 0.6) is 17.2 Å². The SMILES string of the molecule is CCCCCCCCc1ccc(S(=O)(=O)O)c(Oc2ccccc2O)c1. The van der Waals surface area contributed by atoms with Gasteiger partial charge in [0, 0.05) is 0 Å². The molecule has 0 saturated heterocycles. The highest BCUT2D eigenvalue weighted by Crippen LogP contribution is 2.34. The predicted molar refractivity (Wildman–Crippen MR) is 102 cm³/mol. The van der Waals surface area contributed by atoms with Gasteiger partial charge in [0.15, 0.2) is 11.5 Å². The van der Waals surface area contributed by atoms with Gasteiger partial charge in [-0.2, -0.15) is 8.42 Å². The van der Waals surface area contributed by atoms with Crippen LogP contribution in [0.4, 0.5) is 0 Å². The second-order valence-electron chi connectivity index (χ2n) is 6.34. The Labute approximate surface area is 155 Å². The standard InChI is InChI=1S/C20H26O5S/c1-2-3-4-5-6-7-10-16-13-14-20(26(22,23)24)19(15-16)25-18-12-9-8-11-17(18)21/h8-9,11-15,21H,2-7,10H2,1H3,(H,22,23,24). The molecule has 0 bridgehead atoms. The average molecular weight is 378 g/mol. The summed E-state index contributed by atoms with van der Waals surface area (Å²) in [6.07, 6.45) is 7.82. The lowest BCUT2D eigenvalue weighted by atomic mass is 10.0. The predicted octanol–water partition coefficient (Wildman–Crippen LogP) is 5.33. The molecule has 2 N–H and O–H groups in total. The van der Waals surface area contributed by atoms with Gasteiger partial charge >= 0.3 is 0 Å². The fraction of sp³-hybridized carbons (Fsp3) is 0.400. The fourth-order valence-electron chi connectivity index (χ4n) is 2.77. The summed E-state index contributed by atoms with van der Waals surface area (Å²) >= 11 is 0. The number of hydrogen-bond donors (Lipinski definition) is 2. The van der Waals surface area contributed by atoms with Crippen molar-refractivity contribution in [3.63, 3.8) is 0 Å². The van der Waals surface area contributed by atoms with Crippen LogP contribution >= 0.6 is 0 Å². The zero-order chi connectivity index (χ0) is 19.0. The van der Waals surface area contributed by atoms with Crippen LogP contribution in [0.3, 0.4) is 0 Å². The average Bonchev–Trinajstić information content (AvgIpc) is 2.59. The van der Waals surface area contributed by atoms with Crippen LogP contribution in [0.1, 0.15) is 51.0 Å². The van der Waals surface area contributed by atoms with E-state index < -0.39 is 10.1 Å². The van der Waals surface area contributed by atoms with E-state index in [0.717, 1.165) is 24.8 Å². The van der Waals surface area contributed by atoms with Crippen molar-refractivity contribution in [3.8, 4) is 17.2 Å². The van der Waals surface area contributed by atoms with E-state index in [1.165, 1.54) is 43.9 Å². The Morgan fingerprint density at radius 3 is 2.31 bits per heavy atom. The molecule has 0 aliphatic carbocycles. The van der Waals surface area contributed by atoms with Gasteiger partial charge in [-0.05, 0) is 42.7 Å². The van der Waals surface area contributed by atoms with E-state index in [1.807, 2.05) is 0 Å². The molecule has 2 rings (SSSR count). The maximum atomic E-state index is 11.6. The molecule has 0 radical (unpaired) electrons. The summed E-state index contributed by atoms with van der Waals surface area (Å²) in [6.45, 7) is 2.18. The van der Waals surface area contributed by atoms with E-state index in [2.05, 4.69) is 6.92 Å². The quantitative estimate of drug-likeness (QED) is 0.431. The Kier molecular flexibility index (Phi) is 7.48. The number of aryl methyl sites for hydroxylation is 1. The first kappa shape index (κ1) is 20.3. The molecule has 0 atom stereocenters. The number of hydrogen-bond acceptors (Lipinski definition) is 4. The lowest BCUT2D eigenvalue weighted by Gasteiger charge is -2.12. The van der Waals surface area contributed by atoms with E-state index in [0.29, 0.717) is 0 Å². The molecule has 0 aliphatic rings. The first-order valence-corrected chi connectivity index (χ1v) is 10.4. The summed E-state index contributed by atoms with van der Waals surface area (Å²) in [5.74, 6) is 0.0433. The third-order valence-corrected chi connectivity index (χ3v) is 5.08. The number of benzene rings is 2. The molecule has 0 aromatic heterocycles. The third-order valence-electron chi connectivity index (χ3n) is 4.19. The van der Waals surface area contributed by atoms with Crippen molar-refractivity contribution in [1.82, 2.24) is 0 Å². The number of para-hydroxylation sites is 2. The lowest BCUT2D eigenvalue weighted by molar-refractivity contribution is 0.402. The van der Waals surface area contributed by atoms with Gasteiger partial charge in [0.05, 0.1) is 0 Å². The van der Waals surface area contributed by atoms with Crippen molar-refractivity contribution >= 4 is 10.1 Å². The van der Waals surface area contributed by atoms with Crippen LogP contribution in [0.2, 0.25) is 0 Å². The van der Waals surface area contributed by atoms with E-state index in [-0.39, 0.29) is 22.1 Å². The van der Waals surface area contributed by atoms with Gasteiger partial charge < -0.3 is 9.84 Å². The highest BCUT2D eigenvalue weighted by atomic mass is 32.2. The molecular formula is C20H26O5S. The molecule has 0 aliphatic heterocycles. The summed E-state index contributed by atoms with van der Waals surface area (Å²) in [4.78, 5) is -0.313. The van der Waals surface area contributed by atoms with Crippen LogP contribution in [0.25, 0.3) is 0 Å². The Hall–Kier alpha value is -2.05. The molecule has 2 aromatic carbocycles. The maximum Gasteiger partial charge on any atom is 0.298 e. The second-order valence-corrected chi connectivity index (χ2v) is 7.73. The molecule has 142 valence electrons. The molecular weight excluding hydrogens is 352 g/mol. The topological polar surface area (TPSA) is 83.8 Å². The first-order chi connectivity index (χ1) is 12.4. The summed E-state index contributed by atoms with van der Waals surface area (Å²) in [5.41, 5.74) is 0.929. The molecule has 0 spiro atoms. The van der Waals surface area contributed by atoms with Gasteiger partial charge in [-0.3, -0.25) is 4.55 Å². The lowest BCUT2D eigenvalue weighted by Crippen LogP contribution is -2.02. The van der Waals surface area contributed by atoms with Crippen molar-refractivity contribution in [1.29, 1.82) is 0 Å². The number of rotatable bonds is 10. The van der Waals surface area contributed by atoms with Gasteiger partial charge in [0.25, 0.3) is 10.1 Å². The Morgan fingerprint density at radius 1 is 0.923 bits per heavy atom.